The summed E-state index contributed by atoms with van der Waals surface area (Å²) >= 11 is 3.64. The van der Waals surface area contributed by atoms with E-state index in [4.69, 9.17) is 0 Å². The molecule has 6 saturated carbocycles. The lowest BCUT2D eigenvalue weighted by atomic mass is 9.33. The molecule has 118 heavy (non-hydrogen) atoms. The fourth-order valence-electron chi connectivity index (χ4n) is 21.7. The number of rotatable bonds is 30. The van der Waals surface area contributed by atoms with Crippen LogP contribution in [-0.4, -0.2) is 187 Å². The van der Waals surface area contributed by atoms with Crippen LogP contribution in [0.5, 0.6) is 0 Å². The fraction of sp³-hybridized carbons (Fsp3) is 0.567. The number of piperidine rings is 1. The number of aryl methyl sites for hydroxylation is 2. The molecule has 12 aliphatic rings. The van der Waals surface area contributed by atoms with Crippen LogP contribution >= 0.6 is 23.5 Å². The molecule has 6 aromatic rings. The summed E-state index contributed by atoms with van der Waals surface area (Å²) in [5, 5.41) is 17.8. The Morgan fingerprint density at radius 3 is 1.23 bits per heavy atom. The fourth-order valence-corrected chi connectivity index (χ4v) is 25.8. The van der Waals surface area contributed by atoms with Gasteiger partial charge in [0, 0.05) is 165 Å². The van der Waals surface area contributed by atoms with Gasteiger partial charge in [0.1, 0.15) is 0 Å². The number of nitrogens with zero attached hydrogens (tertiary/aromatic N) is 6. The van der Waals surface area contributed by atoms with Gasteiger partial charge < -0.3 is 35.3 Å². The van der Waals surface area contributed by atoms with Crippen molar-refractivity contribution in [3.63, 3.8) is 0 Å². The van der Waals surface area contributed by atoms with Crippen molar-refractivity contribution in [2.75, 3.05) is 137 Å². The number of likely N-dealkylation sites (tertiary alicyclic amines) is 2. The largest absolute Gasteiger partial charge is 0.390 e. The summed E-state index contributed by atoms with van der Waals surface area (Å²) in [6.45, 7) is 38.8. The Bertz CT molecular complexity index is 4810. The number of piperazine rings is 2. The van der Waals surface area contributed by atoms with Gasteiger partial charge >= 0.3 is 0 Å². The number of anilines is 4. The van der Waals surface area contributed by atoms with Gasteiger partial charge in [-0.15, -0.1) is 23.5 Å². The highest BCUT2D eigenvalue weighted by Gasteiger charge is 2.68. The molecule has 4 aliphatic heterocycles. The van der Waals surface area contributed by atoms with Gasteiger partial charge in [0.05, 0.1) is 15.4 Å². The van der Waals surface area contributed by atoms with Gasteiger partial charge in [-0.05, 0) is 295 Å². The van der Waals surface area contributed by atoms with Crippen molar-refractivity contribution in [2.45, 2.75) is 216 Å². The molecule has 18 rings (SSSR count). The second kappa shape index (κ2) is 35.3. The first kappa shape index (κ1) is 86.3. The molecule has 8 aliphatic carbocycles. The standard InChI is InChI=1S/C49H67N5O4S2.C48H65N5O3S2/c1-36-29-42(15-16-44(36)50-39(32-59-41-9-7-6-8-10-41)18-22-52-23-20-48(5,56)21-24-52)60(57,58)51-45(55)37-11-13-40(14-12-37)54-27-25-53(26-28-54)31-38-17-19-46(2,3)30-43(38)49-33-47(4,34-49)35-49;1-35-18-21-51(29-35)22-19-39(31-57-41-9-7-6-8-10-41)49-44-16-15-42(27-36(44)2)58(55,56)50-45(54)37-11-13-40(14-12-37)53-25-23-52(24-26-53)30-38-17-20-46(3,4)28-43(38)48-32-47(5,33-48)34-48/h6-16,29,39,50,56H,17-28,30-35H2,1-5H3,(H,51,55);6-16,27,35,39,49H,17-26,28-34H2,1-5H3,(H,50,54)/t39-,47?,49?;35?,39-,47?,48?/m11/s1. The van der Waals surface area contributed by atoms with Gasteiger partial charge in [-0.3, -0.25) is 19.4 Å². The zero-order valence-corrected chi connectivity index (χ0v) is 75.3. The molecule has 6 aromatic carbocycles. The van der Waals surface area contributed by atoms with Crippen LogP contribution in [0.4, 0.5) is 22.7 Å². The van der Waals surface area contributed by atoms with Crippen molar-refractivity contribution < 1.29 is 31.5 Å². The number of nitrogens with one attached hydrogen (secondary N) is 4. The SMILES string of the molecule is Cc1cc(S(=O)(=O)NC(=O)c2ccc(N3CCN(CC4=C(C56CC(C)(C5)C6)CC(C)(C)CC4)CC3)cc2)ccc1N[C@H](CCN1CCC(C)(O)CC1)CSc1ccccc1.Cc1cc(S(=O)(=O)NC(=O)c2ccc(N3CCN(CC4=C(C56CC(C)(C5)C6)CC(C)(C)CC4)CC3)cc2)ccc1N[C@H](CCN1CCC(C)C1)CSc1ccccc1. The minimum Gasteiger partial charge on any atom is -0.390 e. The van der Waals surface area contributed by atoms with Crippen LogP contribution in [0.3, 0.4) is 0 Å². The van der Waals surface area contributed by atoms with E-state index in [1.807, 2.05) is 104 Å². The third-order valence-electron chi connectivity index (χ3n) is 28.4. The third-order valence-corrected chi connectivity index (χ3v) is 33.4. The molecule has 4 heterocycles. The van der Waals surface area contributed by atoms with Gasteiger partial charge in [0.25, 0.3) is 31.9 Å². The van der Waals surface area contributed by atoms with Crippen LogP contribution in [-0.2, 0) is 20.0 Å². The normalized spacial score (nSPS) is 26.2. The number of carbonyl (C=O) groups excluding carboxylic acids is 2. The van der Waals surface area contributed by atoms with E-state index < -0.39 is 37.5 Å². The maximum Gasteiger partial charge on any atom is 0.264 e. The van der Waals surface area contributed by atoms with Crippen LogP contribution in [0.2, 0.25) is 0 Å². The van der Waals surface area contributed by atoms with E-state index in [0.29, 0.717) is 43.6 Å². The second-order valence-electron chi connectivity index (χ2n) is 40.1. The molecular formula is C97H132N10O7S4. The number of benzene rings is 6. The first-order valence-corrected chi connectivity index (χ1v) is 49.1. The minimum atomic E-state index is -4.10. The van der Waals surface area contributed by atoms with Crippen LogP contribution in [0.1, 0.15) is 196 Å². The zero-order chi connectivity index (χ0) is 83.1. The summed E-state index contributed by atoms with van der Waals surface area (Å²) in [6.07, 6.45) is 20.7. The van der Waals surface area contributed by atoms with E-state index in [1.165, 1.54) is 93.3 Å². The number of carbonyl (C=O) groups is 2. The molecule has 636 valence electrons. The molecule has 10 fully saturated rings. The first-order chi connectivity index (χ1) is 56.1. The highest BCUT2D eigenvalue weighted by atomic mass is 32.2. The molecule has 5 N–H and O–H groups in total. The van der Waals surface area contributed by atoms with Gasteiger partial charge in [0.15, 0.2) is 0 Å². The van der Waals surface area contributed by atoms with Gasteiger partial charge in [-0.25, -0.2) is 26.3 Å². The van der Waals surface area contributed by atoms with Crippen LogP contribution in [0, 0.1) is 52.3 Å². The first-order valence-electron chi connectivity index (χ1n) is 44.1. The Kier molecular flexibility index (Phi) is 25.8. The van der Waals surface area contributed by atoms with Crippen LogP contribution < -0.4 is 29.9 Å². The van der Waals surface area contributed by atoms with Crippen molar-refractivity contribution in [2.24, 2.45) is 38.4 Å². The number of aliphatic hydroxyl groups is 1. The average molecular weight is 1680 g/mol. The lowest BCUT2D eigenvalue weighted by molar-refractivity contribution is -0.167. The van der Waals surface area contributed by atoms with E-state index in [1.54, 1.807) is 71.4 Å². The van der Waals surface area contributed by atoms with Crippen LogP contribution in [0.25, 0.3) is 0 Å². The van der Waals surface area contributed by atoms with E-state index in [9.17, 15) is 31.5 Å². The Balaban J connectivity index is 0.000000185. The van der Waals surface area contributed by atoms with E-state index in [-0.39, 0.29) is 21.9 Å². The molecule has 0 spiro atoms. The number of sulfonamides is 2. The molecule has 3 atom stereocenters. The van der Waals surface area contributed by atoms with Gasteiger partial charge in [-0.1, -0.05) is 107 Å². The smallest absolute Gasteiger partial charge is 0.264 e. The van der Waals surface area contributed by atoms with Crippen LogP contribution in [0.15, 0.2) is 187 Å². The monoisotopic (exact) mass is 1680 g/mol. The minimum absolute atomic E-state index is 0.0577. The van der Waals surface area contributed by atoms with Gasteiger partial charge in [-0.2, -0.15) is 0 Å². The van der Waals surface area contributed by atoms with Crippen molar-refractivity contribution in [1.82, 2.24) is 29.0 Å². The molecule has 0 radical (unpaired) electrons. The Labute approximate surface area is 714 Å². The van der Waals surface area contributed by atoms with E-state index in [0.717, 1.165) is 182 Å². The molecule has 0 aromatic heterocycles. The lowest BCUT2D eigenvalue weighted by Crippen LogP contribution is -2.61. The quantitative estimate of drug-likeness (QED) is 0.0211. The predicted molar refractivity (Wildman–Crippen MR) is 485 cm³/mol. The summed E-state index contributed by atoms with van der Waals surface area (Å²) in [4.78, 5) is 44.2. The molecule has 17 nitrogen and oxygen atoms in total. The summed E-state index contributed by atoms with van der Waals surface area (Å²) < 4.78 is 58.7. The summed E-state index contributed by atoms with van der Waals surface area (Å²) in [6, 6.07) is 46.0. The van der Waals surface area contributed by atoms with Gasteiger partial charge in [0.2, 0.25) is 0 Å². The molecule has 21 heteroatoms. The maximum atomic E-state index is 13.5. The molecule has 1 unspecified atom stereocenters. The third kappa shape index (κ3) is 20.8. The average Bonchev–Trinajstić information content (AvgIpc) is 0.737. The number of allylic oxidation sites excluding steroid dienone is 2. The molecular weight excluding hydrogens is 1550 g/mol. The topological polar surface area (TPSA) is 190 Å². The van der Waals surface area contributed by atoms with Crippen molar-refractivity contribution in [1.29, 1.82) is 0 Å². The Morgan fingerprint density at radius 2 is 0.864 bits per heavy atom. The maximum absolute atomic E-state index is 13.5. The summed E-state index contributed by atoms with van der Waals surface area (Å²) in [5.41, 5.74) is 15.8. The highest BCUT2D eigenvalue weighted by Crippen LogP contribution is 2.79. The zero-order valence-electron chi connectivity index (χ0n) is 72.1. The predicted octanol–water partition coefficient (Wildman–Crippen LogP) is 18.0. The number of hydrogen-bond acceptors (Lipinski definition) is 17. The Morgan fingerprint density at radius 1 is 0.475 bits per heavy atom. The van der Waals surface area contributed by atoms with E-state index in [2.05, 4.69) is 134 Å². The van der Waals surface area contributed by atoms with Crippen molar-refractivity contribution >= 4 is 78.1 Å². The number of amides is 2. The summed E-state index contributed by atoms with van der Waals surface area (Å²) in [5.74, 6) is 1.23. The molecule has 2 amide bonds. The van der Waals surface area contributed by atoms with E-state index >= 15 is 0 Å². The summed E-state index contributed by atoms with van der Waals surface area (Å²) in [7, 11) is -8.18. The second-order valence-corrected chi connectivity index (χ2v) is 45.6. The van der Waals surface area contributed by atoms with Crippen molar-refractivity contribution in [3.05, 3.63) is 190 Å². The highest BCUT2D eigenvalue weighted by molar-refractivity contribution is 7.99. The lowest BCUT2D eigenvalue weighted by Gasteiger charge is -2.72. The van der Waals surface area contributed by atoms with Crippen molar-refractivity contribution in [3.8, 4) is 0 Å². The molecule has 4 saturated heterocycles. The number of thioether (sulfide) groups is 2. The number of hydrogen-bond donors (Lipinski definition) is 5. The molecule has 4 bridgehead atoms. The Hall–Kier alpha value is -6.66.